The molecule has 4 heterocycles. The number of hydrogen-bond donors (Lipinski definition) is 0. The molecule has 5 aromatic carbocycles. The molecule has 0 spiro atoms. The van der Waals surface area contributed by atoms with Gasteiger partial charge in [-0.2, -0.15) is 0 Å². The fraction of sp³-hybridized carbons (Fsp3) is 0. The topological polar surface area (TPSA) is 43.3 Å². The summed E-state index contributed by atoms with van der Waals surface area (Å²) in [5.41, 5.74) is 7.78. The maximum atomic E-state index is 6.50. The molecule has 4 nitrogen and oxygen atoms in total. The highest BCUT2D eigenvalue weighted by atomic mass is 16.3. The molecule has 0 saturated carbocycles. The first-order valence-electron chi connectivity index (χ1n) is 11.4. The lowest BCUT2D eigenvalue weighted by Crippen LogP contribution is -1.89. The number of para-hydroxylation sites is 4. The molecule has 0 N–H and O–H groups in total. The number of aromatic nitrogens is 3. The largest absolute Gasteiger partial charge is 0.455 e. The van der Waals surface area contributed by atoms with Gasteiger partial charge in [0.15, 0.2) is 5.65 Å². The van der Waals surface area contributed by atoms with Crippen LogP contribution in [0.25, 0.3) is 82.1 Å². The molecule has 0 aliphatic heterocycles. The monoisotopic (exact) mass is 433 g/mol. The summed E-state index contributed by atoms with van der Waals surface area (Å²) >= 11 is 0. The van der Waals surface area contributed by atoms with Crippen LogP contribution >= 0.6 is 0 Å². The van der Waals surface area contributed by atoms with E-state index >= 15 is 0 Å². The molecule has 9 rings (SSSR count). The van der Waals surface area contributed by atoms with Gasteiger partial charge in [0, 0.05) is 26.9 Å². The van der Waals surface area contributed by atoms with Gasteiger partial charge in [-0.15, -0.1) is 0 Å². The minimum Gasteiger partial charge on any atom is -0.455 e. The predicted molar refractivity (Wildman–Crippen MR) is 139 cm³/mol. The Kier molecular flexibility index (Phi) is 2.78. The first-order valence-corrected chi connectivity index (χ1v) is 11.4. The van der Waals surface area contributed by atoms with Crippen molar-refractivity contribution in [2.75, 3.05) is 0 Å². The van der Waals surface area contributed by atoms with Crippen LogP contribution in [0.1, 0.15) is 0 Å². The number of rotatable bonds is 0. The zero-order valence-corrected chi connectivity index (χ0v) is 17.9. The van der Waals surface area contributed by atoms with Crippen molar-refractivity contribution in [1.29, 1.82) is 0 Å². The highest BCUT2D eigenvalue weighted by Crippen LogP contribution is 2.47. The molecule has 4 aromatic heterocycles. The molecule has 0 atom stereocenters. The second-order valence-corrected chi connectivity index (χ2v) is 8.99. The molecule has 0 aliphatic carbocycles. The minimum absolute atomic E-state index is 0.891. The minimum atomic E-state index is 0.891. The summed E-state index contributed by atoms with van der Waals surface area (Å²) in [5.74, 6) is 0. The number of hydrogen-bond acceptors (Lipinski definition) is 3. The molecule has 0 amide bonds. The summed E-state index contributed by atoms with van der Waals surface area (Å²) in [6.07, 6.45) is 0. The highest BCUT2D eigenvalue weighted by molar-refractivity contribution is 6.37. The van der Waals surface area contributed by atoms with E-state index in [0.29, 0.717) is 0 Å². The summed E-state index contributed by atoms with van der Waals surface area (Å²) < 4.78 is 8.82. The molecule has 156 valence electrons. The molecule has 4 heteroatoms. The molecule has 0 fully saturated rings. The zero-order valence-electron chi connectivity index (χ0n) is 17.9. The van der Waals surface area contributed by atoms with Crippen molar-refractivity contribution in [3.8, 4) is 0 Å². The van der Waals surface area contributed by atoms with Gasteiger partial charge >= 0.3 is 0 Å². The summed E-state index contributed by atoms with van der Waals surface area (Å²) in [6.45, 7) is 0. The maximum Gasteiger partial charge on any atom is 0.165 e. The van der Waals surface area contributed by atoms with E-state index in [1.165, 1.54) is 21.7 Å². The van der Waals surface area contributed by atoms with Crippen LogP contribution in [0.5, 0.6) is 0 Å². The van der Waals surface area contributed by atoms with Crippen molar-refractivity contribution in [3.63, 3.8) is 0 Å². The Hall–Kier alpha value is -4.70. The van der Waals surface area contributed by atoms with Crippen molar-refractivity contribution in [2.45, 2.75) is 0 Å². The van der Waals surface area contributed by atoms with Gasteiger partial charge in [-0.1, -0.05) is 72.8 Å². The van der Waals surface area contributed by atoms with Gasteiger partial charge in [-0.05, 0) is 23.6 Å². The van der Waals surface area contributed by atoms with Crippen molar-refractivity contribution in [3.05, 3.63) is 91.0 Å². The van der Waals surface area contributed by atoms with Gasteiger partial charge in [-0.3, -0.25) is 4.40 Å². The van der Waals surface area contributed by atoms with Crippen molar-refractivity contribution in [2.24, 2.45) is 0 Å². The average molecular weight is 433 g/mol. The SMILES string of the molecule is c1ccc2nc3c(nc2c1)c1cccc2c4c5ccccc5c5oc6ccccc6c5c4n3c12. The molecule has 0 radical (unpaired) electrons. The smallest absolute Gasteiger partial charge is 0.165 e. The van der Waals surface area contributed by atoms with Gasteiger partial charge in [0.1, 0.15) is 16.7 Å². The second kappa shape index (κ2) is 5.61. The third-order valence-electron chi connectivity index (χ3n) is 7.28. The number of benzene rings is 5. The van der Waals surface area contributed by atoms with E-state index in [0.717, 1.165) is 60.4 Å². The van der Waals surface area contributed by atoms with Gasteiger partial charge in [-0.25, -0.2) is 9.97 Å². The third-order valence-corrected chi connectivity index (χ3v) is 7.28. The van der Waals surface area contributed by atoms with E-state index < -0.39 is 0 Å². The Morgan fingerprint density at radius 1 is 0.529 bits per heavy atom. The van der Waals surface area contributed by atoms with Crippen LogP contribution in [0.4, 0.5) is 0 Å². The van der Waals surface area contributed by atoms with E-state index in [1.807, 2.05) is 30.3 Å². The average Bonchev–Trinajstić information content (AvgIpc) is 3.54. The van der Waals surface area contributed by atoms with Crippen molar-refractivity contribution in [1.82, 2.24) is 14.4 Å². The summed E-state index contributed by atoms with van der Waals surface area (Å²) in [4.78, 5) is 10.2. The van der Waals surface area contributed by atoms with Crippen LogP contribution in [-0.2, 0) is 0 Å². The van der Waals surface area contributed by atoms with Crippen LogP contribution in [0.15, 0.2) is 95.4 Å². The molecular weight excluding hydrogens is 418 g/mol. The summed E-state index contributed by atoms with van der Waals surface area (Å²) in [6, 6.07) is 31.5. The molecular formula is C30H15N3O. The third kappa shape index (κ3) is 1.80. The van der Waals surface area contributed by atoms with E-state index in [9.17, 15) is 0 Å². The first kappa shape index (κ1) is 16.9. The number of nitrogens with zero attached hydrogens (tertiary/aromatic N) is 3. The van der Waals surface area contributed by atoms with Crippen LogP contribution in [0.3, 0.4) is 0 Å². The standard InChI is InChI=1S/C30H15N3O/c1-2-9-17-16(8-1)24-19-11-7-12-20-26-30(32-22-14-5-4-13-21(22)31-26)33(27(19)20)28(24)25-18-10-3-6-15-23(18)34-29(17)25/h1-15H. The summed E-state index contributed by atoms with van der Waals surface area (Å²) in [7, 11) is 0. The quantitative estimate of drug-likeness (QED) is 0.245. The molecule has 0 bridgehead atoms. The van der Waals surface area contributed by atoms with Gasteiger partial charge in [0.25, 0.3) is 0 Å². The van der Waals surface area contributed by atoms with Crippen molar-refractivity contribution >= 4 is 82.1 Å². The molecule has 9 aromatic rings. The lowest BCUT2D eigenvalue weighted by molar-refractivity contribution is 0.673. The lowest BCUT2D eigenvalue weighted by atomic mass is 9.99. The molecule has 0 unspecified atom stereocenters. The first-order chi connectivity index (χ1) is 16.9. The van der Waals surface area contributed by atoms with Gasteiger partial charge in [0.05, 0.1) is 27.5 Å². The molecule has 0 aliphatic rings. The Morgan fingerprint density at radius 3 is 2.09 bits per heavy atom. The normalized spacial score (nSPS) is 12.7. The lowest BCUT2D eigenvalue weighted by Gasteiger charge is -2.05. The Labute approximate surface area is 192 Å². The van der Waals surface area contributed by atoms with Crippen LogP contribution < -0.4 is 0 Å². The Balaban J connectivity index is 1.72. The Morgan fingerprint density at radius 2 is 1.21 bits per heavy atom. The van der Waals surface area contributed by atoms with Crippen LogP contribution in [0, 0.1) is 0 Å². The van der Waals surface area contributed by atoms with E-state index in [-0.39, 0.29) is 0 Å². The highest BCUT2D eigenvalue weighted by Gasteiger charge is 2.25. The van der Waals surface area contributed by atoms with E-state index in [2.05, 4.69) is 65.1 Å². The molecule has 34 heavy (non-hydrogen) atoms. The van der Waals surface area contributed by atoms with Crippen LogP contribution in [-0.4, -0.2) is 14.4 Å². The van der Waals surface area contributed by atoms with Crippen LogP contribution in [0.2, 0.25) is 0 Å². The number of fused-ring (bicyclic) bond motifs is 14. The van der Waals surface area contributed by atoms with E-state index in [4.69, 9.17) is 14.4 Å². The fourth-order valence-electron chi connectivity index (χ4n) is 5.95. The Bertz CT molecular complexity index is 2290. The molecule has 0 saturated heterocycles. The fourth-order valence-corrected chi connectivity index (χ4v) is 5.95. The number of furan rings is 1. The van der Waals surface area contributed by atoms with Crippen molar-refractivity contribution < 1.29 is 4.42 Å². The zero-order chi connectivity index (χ0) is 22.0. The predicted octanol–water partition coefficient (Wildman–Crippen LogP) is 7.83. The summed E-state index contributed by atoms with van der Waals surface area (Å²) in [5, 5.41) is 8.18. The van der Waals surface area contributed by atoms with E-state index in [1.54, 1.807) is 0 Å². The maximum absolute atomic E-state index is 6.50. The van der Waals surface area contributed by atoms with Gasteiger partial charge in [0.2, 0.25) is 0 Å². The van der Waals surface area contributed by atoms with Gasteiger partial charge < -0.3 is 4.42 Å². The second-order valence-electron chi connectivity index (χ2n) is 8.99.